The molecule has 0 saturated carbocycles. The molecule has 1 aromatic heterocycles. The summed E-state index contributed by atoms with van der Waals surface area (Å²) in [6, 6.07) is 7.95. The van der Waals surface area contributed by atoms with Crippen molar-refractivity contribution >= 4 is 22.8 Å². The topological polar surface area (TPSA) is 38.9 Å². The van der Waals surface area contributed by atoms with Gasteiger partial charge >= 0.3 is 0 Å². The summed E-state index contributed by atoms with van der Waals surface area (Å²) in [7, 11) is 0. The summed E-state index contributed by atoms with van der Waals surface area (Å²) in [5.74, 6) is 0.538. The molecule has 14 heavy (non-hydrogen) atoms. The maximum atomic E-state index is 5.68. The summed E-state index contributed by atoms with van der Waals surface area (Å²) in [6.45, 7) is 5.83. The first-order valence-corrected chi connectivity index (χ1v) is 4.50. The predicted molar refractivity (Wildman–Crippen MR) is 61.0 cm³/mol. The van der Waals surface area contributed by atoms with Gasteiger partial charge in [0.05, 0.1) is 5.52 Å². The van der Waals surface area contributed by atoms with Crippen LogP contribution >= 0.6 is 0 Å². The Morgan fingerprint density at radius 2 is 2.14 bits per heavy atom. The number of nitrogen functional groups attached to an aromatic ring is 1. The van der Waals surface area contributed by atoms with E-state index in [1.165, 1.54) is 5.56 Å². The van der Waals surface area contributed by atoms with E-state index in [2.05, 4.69) is 24.6 Å². The molecular formula is C12H12N2. The molecule has 0 radical (unpaired) electrons. The molecule has 70 valence electrons. The van der Waals surface area contributed by atoms with Crippen LogP contribution in [0.5, 0.6) is 0 Å². The molecule has 2 N–H and O–H groups in total. The monoisotopic (exact) mass is 184 g/mol. The minimum atomic E-state index is 0.538. The third kappa shape index (κ3) is 1.35. The Kier molecular flexibility index (Phi) is 1.97. The summed E-state index contributed by atoms with van der Waals surface area (Å²) in [5, 5.41) is 1.11. The average molecular weight is 184 g/mol. The predicted octanol–water partition coefficient (Wildman–Crippen LogP) is 2.77. The molecule has 1 heterocycles. The maximum Gasteiger partial charge on any atom is 0.124 e. The van der Waals surface area contributed by atoms with Gasteiger partial charge in [-0.05, 0) is 30.7 Å². The molecule has 2 rings (SSSR count). The highest BCUT2D eigenvalue weighted by Crippen LogP contribution is 2.21. The minimum absolute atomic E-state index is 0.538. The van der Waals surface area contributed by atoms with Crippen molar-refractivity contribution < 1.29 is 0 Å². The molecule has 0 bridgehead atoms. The second-order valence-corrected chi connectivity index (χ2v) is 3.36. The molecule has 0 atom stereocenters. The number of nitrogens with zero attached hydrogens (tertiary/aromatic N) is 1. The van der Waals surface area contributed by atoms with Crippen molar-refractivity contribution in [3.05, 3.63) is 42.0 Å². The van der Waals surface area contributed by atoms with Gasteiger partial charge in [0.1, 0.15) is 5.82 Å². The molecule has 0 aliphatic rings. The Morgan fingerprint density at radius 1 is 1.36 bits per heavy atom. The Morgan fingerprint density at radius 3 is 2.86 bits per heavy atom. The number of aromatic nitrogens is 1. The van der Waals surface area contributed by atoms with E-state index in [0.29, 0.717) is 5.82 Å². The van der Waals surface area contributed by atoms with Gasteiger partial charge in [-0.3, -0.25) is 0 Å². The number of rotatable bonds is 1. The smallest absolute Gasteiger partial charge is 0.124 e. The number of hydrogen-bond acceptors (Lipinski definition) is 2. The van der Waals surface area contributed by atoms with Crippen LogP contribution in [0.4, 0.5) is 5.82 Å². The number of anilines is 1. The highest BCUT2D eigenvalue weighted by atomic mass is 14.8. The third-order valence-electron chi connectivity index (χ3n) is 2.24. The first-order chi connectivity index (χ1) is 6.70. The van der Waals surface area contributed by atoms with Gasteiger partial charge in [-0.15, -0.1) is 0 Å². The summed E-state index contributed by atoms with van der Waals surface area (Å²) < 4.78 is 0. The van der Waals surface area contributed by atoms with Crippen molar-refractivity contribution in [2.45, 2.75) is 6.92 Å². The summed E-state index contributed by atoms with van der Waals surface area (Å²) in [6.07, 6.45) is 1.81. The number of pyridine rings is 1. The van der Waals surface area contributed by atoms with Crippen LogP contribution in [0.1, 0.15) is 11.1 Å². The summed E-state index contributed by atoms with van der Waals surface area (Å²) in [4.78, 5) is 4.26. The Hall–Kier alpha value is -1.83. The summed E-state index contributed by atoms with van der Waals surface area (Å²) >= 11 is 0. The Balaban J connectivity index is 2.88. The molecule has 0 fully saturated rings. The number of benzene rings is 1. The molecule has 2 aromatic rings. The molecule has 0 amide bonds. The van der Waals surface area contributed by atoms with E-state index in [0.717, 1.165) is 16.5 Å². The highest BCUT2D eigenvalue weighted by Gasteiger charge is 2.01. The molecule has 2 nitrogen and oxygen atoms in total. The van der Waals surface area contributed by atoms with Crippen molar-refractivity contribution in [1.82, 2.24) is 4.98 Å². The van der Waals surface area contributed by atoms with E-state index < -0.39 is 0 Å². The Bertz CT molecular complexity index is 501. The molecule has 0 aliphatic heterocycles. The molecular weight excluding hydrogens is 172 g/mol. The zero-order valence-electron chi connectivity index (χ0n) is 8.12. The molecule has 0 saturated heterocycles. The van der Waals surface area contributed by atoms with Gasteiger partial charge in [-0.25, -0.2) is 4.98 Å². The van der Waals surface area contributed by atoms with Gasteiger partial charge in [0.2, 0.25) is 0 Å². The van der Waals surface area contributed by atoms with Crippen LogP contribution in [0.2, 0.25) is 0 Å². The van der Waals surface area contributed by atoms with E-state index in [4.69, 9.17) is 5.73 Å². The lowest BCUT2D eigenvalue weighted by atomic mass is 10.1. The normalized spacial score (nSPS) is 10.4. The zero-order valence-corrected chi connectivity index (χ0v) is 8.12. The number of nitrogens with two attached hydrogens (primary N) is 1. The maximum absolute atomic E-state index is 5.68. The van der Waals surface area contributed by atoms with Gasteiger partial charge in [0, 0.05) is 5.39 Å². The van der Waals surface area contributed by atoms with Crippen LogP contribution in [0.25, 0.3) is 17.0 Å². The lowest BCUT2D eigenvalue weighted by Gasteiger charge is -2.04. The zero-order chi connectivity index (χ0) is 10.1. The van der Waals surface area contributed by atoms with Crippen molar-refractivity contribution in [1.29, 1.82) is 0 Å². The van der Waals surface area contributed by atoms with Gasteiger partial charge in [-0.1, -0.05) is 24.3 Å². The number of aryl methyl sites for hydroxylation is 1. The lowest BCUT2D eigenvalue weighted by Crippen LogP contribution is -1.92. The fraction of sp³-hybridized carbons (Fsp3) is 0.0833. The second-order valence-electron chi connectivity index (χ2n) is 3.36. The van der Waals surface area contributed by atoms with Crippen molar-refractivity contribution in [2.24, 2.45) is 0 Å². The van der Waals surface area contributed by atoms with Crippen LogP contribution in [0, 0.1) is 6.92 Å². The van der Waals surface area contributed by atoms with E-state index in [9.17, 15) is 0 Å². The van der Waals surface area contributed by atoms with Crippen molar-refractivity contribution in [3.8, 4) is 0 Å². The molecule has 2 heteroatoms. The molecule has 0 unspecified atom stereocenters. The molecule has 1 aromatic carbocycles. The van der Waals surface area contributed by atoms with Gasteiger partial charge < -0.3 is 5.73 Å². The SMILES string of the molecule is C=Cc1cc(N)nc2ccc(C)cc12. The van der Waals surface area contributed by atoms with E-state index >= 15 is 0 Å². The van der Waals surface area contributed by atoms with E-state index in [1.54, 1.807) is 6.08 Å². The quantitative estimate of drug-likeness (QED) is 0.740. The van der Waals surface area contributed by atoms with Gasteiger partial charge in [0.15, 0.2) is 0 Å². The van der Waals surface area contributed by atoms with Crippen LogP contribution in [-0.2, 0) is 0 Å². The van der Waals surface area contributed by atoms with E-state index in [-0.39, 0.29) is 0 Å². The fourth-order valence-corrected chi connectivity index (χ4v) is 1.56. The number of fused-ring (bicyclic) bond motifs is 1. The molecule has 0 spiro atoms. The van der Waals surface area contributed by atoms with Gasteiger partial charge in [0.25, 0.3) is 0 Å². The minimum Gasteiger partial charge on any atom is -0.384 e. The van der Waals surface area contributed by atoms with Crippen LogP contribution < -0.4 is 5.73 Å². The lowest BCUT2D eigenvalue weighted by molar-refractivity contribution is 1.39. The molecule has 0 aliphatic carbocycles. The summed E-state index contributed by atoms with van der Waals surface area (Å²) in [5.41, 5.74) is 8.85. The van der Waals surface area contributed by atoms with Gasteiger partial charge in [-0.2, -0.15) is 0 Å². The standard InChI is InChI=1S/C12H12N2/c1-3-9-7-12(13)14-11-5-4-8(2)6-10(9)11/h3-7H,1H2,2H3,(H2,13,14). The largest absolute Gasteiger partial charge is 0.384 e. The third-order valence-corrected chi connectivity index (χ3v) is 2.24. The van der Waals surface area contributed by atoms with E-state index in [1.807, 2.05) is 18.2 Å². The fourth-order valence-electron chi connectivity index (χ4n) is 1.56. The van der Waals surface area contributed by atoms with Crippen LogP contribution in [0.15, 0.2) is 30.8 Å². The first-order valence-electron chi connectivity index (χ1n) is 4.50. The first kappa shape index (κ1) is 8.75. The number of hydrogen-bond donors (Lipinski definition) is 1. The van der Waals surface area contributed by atoms with Crippen molar-refractivity contribution in [3.63, 3.8) is 0 Å². The second kappa shape index (κ2) is 3.14. The average Bonchev–Trinajstić information content (AvgIpc) is 2.17. The van der Waals surface area contributed by atoms with Crippen LogP contribution in [0.3, 0.4) is 0 Å². The van der Waals surface area contributed by atoms with Crippen molar-refractivity contribution in [2.75, 3.05) is 5.73 Å². The Labute approximate surface area is 83.1 Å². The van der Waals surface area contributed by atoms with Crippen LogP contribution in [-0.4, -0.2) is 4.98 Å². The highest BCUT2D eigenvalue weighted by molar-refractivity contribution is 5.89.